The van der Waals surface area contributed by atoms with Gasteiger partial charge in [0.2, 0.25) is 0 Å². The molecule has 0 saturated carbocycles. The summed E-state index contributed by atoms with van der Waals surface area (Å²) in [6.07, 6.45) is 1.87. The molecule has 1 aromatic carbocycles. The van der Waals surface area contributed by atoms with Gasteiger partial charge in [-0.1, -0.05) is 12.1 Å². The quantitative estimate of drug-likeness (QED) is 0.782. The lowest BCUT2D eigenvalue weighted by Gasteiger charge is -2.09. The maximum Gasteiger partial charge on any atom is 0.337 e. The molecule has 1 fully saturated rings. The van der Waals surface area contributed by atoms with Crippen molar-refractivity contribution in [1.29, 1.82) is 0 Å². The summed E-state index contributed by atoms with van der Waals surface area (Å²) in [7, 11) is 1.39. The van der Waals surface area contributed by atoms with Crippen molar-refractivity contribution in [3.8, 4) is 0 Å². The Hall–Kier alpha value is -1.39. The van der Waals surface area contributed by atoms with E-state index in [0.29, 0.717) is 11.6 Å². The highest BCUT2D eigenvalue weighted by molar-refractivity contribution is 5.89. The predicted octanol–water partition coefficient (Wildman–Crippen LogP) is 1.31. The molecule has 4 heteroatoms. The van der Waals surface area contributed by atoms with Crippen molar-refractivity contribution in [1.82, 2.24) is 5.48 Å². The first-order valence-electron chi connectivity index (χ1n) is 5.34. The average molecular weight is 221 g/mol. The molecule has 0 aromatic heterocycles. The Morgan fingerprint density at radius 1 is 1.62 bits per heavy atom. The van der Waals surface area contributed by atoms with Gasteiger partial charge in [-0.2, -0.15) is 5.48 Å². The summed E-state index contributed by atoms with van der Waals surface area (Å²) < 4.78 is 4.68. The Morgan fingerprint density at radius 3 is 3.19 bits per heavy atom. The molecular weight excluding hydrogens is 206 g/mol. The van der Waals surface area contributed by atoms with Gasteiger partial charge in [0, 0.05) is 6.04 Å². The van der Waals surface area contributed by atoms with Crippen LogP contribution in [-0.2, 0) is 16.0 Å². The van der Waals surface area contributed by atoms with Crippen molar-refractivity contribution < 1.29 is 14.4 Å². The van der Waals surface area contributed by atoms with E-state index in [1.165, 1.54) is 7.11 Å². The van der Waals surface area contributed by atoms with Gasteiger partial charge >= 0.3 is 5.97 Å². The van der Waals surface area contributed by atoms with Gasteiger partial charge in [-0.15, -0.1) is 0 Å². The molecule has 1 heterocycles. The summed E-state index contributed by atoms with van der Waals surface area (Å²) in [6.45, 7) is 0.751. The summed E-state index contributed by atoms with van der Waals surface area (Å²) in [5.41, 5.74) is 4.66. The van der Waals surface area contributed by atoms with Gasteiger partial charge in [0.1, 0.15) is 0 Å². The van der Waals surface area contributed by atoms with E-state index in [1.807, 2.05) is 18.2 Å². The minimum atomic E-state index is -0.294. The van der Waals surface area contributed by atoms with Crippen LogP contribution < -0.4 is 5.48 Å². The Kier molecular flexibility index (Phi) is 3.54. The van der Waals surface area contributed by atoms with E-state index in [4.69, 9.17) is 4.84 Å². The molecule has 1 aromatic rings. The average Bonchev–Trinajstić information content (AvgIpc) is 2.81. The van der Waals surface area contributed by atoms with E-state index >= 15 is 0 Å². The molecule has 2 rings (SSSR count). The van der Waals surface area contributed by atoms with E-state index < -0.39 is 0 Å². The number of nitrogens with one attached hydrogen (secondary N) is 1. The minimum Gasteiger partial charge on any atom is -0.465 e. The summed E-state index contributed by atoms with van der Waals surface area (Å²) in [5.74, 6) is -0.294. The molecule has 1 saturated heterocycles. The maximum absolute atomic E-state index is 11.3. The Bertz CT molecular complexity index is 372. The van der Waals surface area contributed by atoms with Gasteiger partial charge in [-0.25, -0.2) is 4.79 Å². The summed E-state index contributed by atoms with van der Waals surface area (Å²) in [4.78, 5) is 16.4. The molecule has 0 aliphatic carbocycles. The normalized spacial score (nSPS) is 19.7. The largest absolute Gasteiger partial charge is 0.465 e. The second kappa shape index (κ2) is 5.09. The van der Waals surface area contributed by atoms with E-state index in [0.717, 1.165) is 25.0 Å². The van der Waals surface area contributed by atoms with Crippen LogP contribution in [0.1, 0.15) is 22.3 Å². The molecule has 0 radical (unpaired) electrons. The van der Waals surface area contributed by atoms with Crippen molar-refractivity contribution in [3.63, 3.8) is 0 Å². The van der Waals surface area contributed by atoms with Crippen LogP contribution >= 0.6 is 0 Å². The number of methoxy groups -OCH3 is 1. The number of esters is 1. The summed E-state index contributed by atoms with van der Waals surface area (Å²) in [6, 6.07) is 7.84. The van der Waals surface area contributed by atoms with Crippen LogP contribution in [0, 0.1) is 0 Å². The third-order valence-corrected chi connectivity index (χ3v) is 2.65. The third-order valence-electron chi connectivity index (χ3n) is 2.65. The molecule has 0 amide bonds. The molecule has 1 atom stereocenters. The number of hydrogen-bond acceptors (Lipinski definition) is 4. The first-order valence-corrected chi connectivity index (χ1v) is 5.34. The van der Waals surface area contributed by atoms with Crippen molar-refractivity contribution in [3.05, 3.63) is 35.4 Å². The van der Waals surface area contributed by atoms with Crippen LogP contribution in [-0.4, -0.2) is 25.7 Å². The lowest BCUT2D eigenvalue weighted by molar-refractivity contribution is 0.0600. The second-order valence-electron chi connectivity index (χ2n) is 3.85. The molecule has 0 spiro atoms. The maximum atomic E-state index is 11.3. The van der Waals surface area contributed by atoms with E-state index in [1.54, 1.807) is 6.07 Å². The van der Waals surface area contributed by atoms with E-state index in [2.05, 4.69) is 10.2 Å². The smallest absolute Gasteiger partial charge is 0.337 e. The number of hydrogen-bond donors (Lipinski definition) is 1. The van der Waals surface area contributed by atoms with Gasteiger partial charge in [0.15, 0.2) is 0 Å². The van der Waals surface area contributed by atoms with Crippen molar-refractivity contribution in [2.24, 2.45) is 0 Å². The minimum absolute atomic E-state index is 0.294. The number of ether oxygens (including phenoxy) is 1. The lowest BCUT2D eigenvalue weighted by atomic mass is 10.0. The Balaban J connectivity index is 2.06. The zero-order chi connectivity index (χ0) is 11.4. The molecule has 86 valence electrons. The molecule has 4 nitrogen and oxygen atoms in total. The van der Waals surface area contributed by atoms with Crippen molar-refractivity contribution in [2.75, 3.05) is 13.7 Å². The van der Waals surface area contributed by atoms with Gasteiger partial charge in [-0.3, -0.25) is 0 Å². The van der Waals surface area contributed by atoms with Crippen LogP contribution in [0.2, 0.25) is 0 Å². The summed E-state index contributed by atoms with van der Waals surface area (Å²) >= 11 is 0. The monoisotopic (exact) mass is 221 g/mol. The number of hydroxylamine groups is 1. The van der Waals surface area contributed by atoms with Gasteiger partial charge in [-0.05, 0) is 30.5 Å². The molecular formula is C12H15NO3. The molecule has 1 aliphatic rings. The predicted molar refractivity (Wildman–Crippen MR) is 59.0 cm³/mol. The Labute approximate surface area is 94.5 Å². The molecule has 1 unspecified atom stereocenters. The topological polar surface area (TPSA) is 47.6 Å². The highest BCUT2D eigenvalue weighted by Gasteiger charge is 2.16. The number of carbonyl (C=O) groups is 1. The molecule has 1 N–H and O–H groups in total. The number of carbonyl (C=O) groups excluding carboxylic acids is 1. The van der Waals surface area contributed by atoms with Gasteiger partial charge in [0.25, 0.3) is 0 Å². The molecule has 0 bridgehead atoms. The standard InChI is InChI=1S/C12H15NO3/c1-15-12(14)10-4-2-3-9(7-10)8-11-5-6-16-13-11/h2-4,7,11,13H,5-6,8H2,1H3. The fourth-order valence-corrected chi connectivity index (χ4v) is 1.81. The van der Waals surface area contributed by atoms with Crippen LogP contribution in [0.25, 0.3) is 0 Å². The van der Waals surface area contributed by atoms with Crippen molar-refractivity contribution >= 4 is 5.97 Å². The number of rotatable bonds is 3. The van der Waals surface area contributed by atoms with E-state index in [9.17, 15) is 4.79 Å². The summed E-state index contributed by atoms with van der Waals surface area (Å²) in [5, 5.41) is 0. The zero-order valence-electron chi connectivity index (χ0n) is 9.23. The van der Waals surface area contributed by atoms with Crippen LogP contribution in [0.5, 0.6) is 0 Å². The molecule has 1 aliphatic heterocycles. The fraction of sp³-hybridized carbons (Fsp3) is 0.417. The fourth-order valence-electron chi connectivity index (χ4n) is 1.81. The molecule has 16 heavy (non-hydrogen) atoms. The number of benzene rings is 1. The second-order valence-corrected chi connectivity index (χ2v) is 3.85. The van der Waals surface area contributed by atoms with Crippen LogP contribution in [0.15, 0.2) is 24.3 Å². The SMILES string of the molecule is COC(=O)c1cccc(CC2CCON2)c1. The van der Waals surface area contributed by atoms with Gasteiger partial charge < -0.3 is 9.57 Å². The first-order chi connectivity index (χ1) is 7.79. The third kappa shape index (κ3) is 2.59. The van der Waals surface area contributed by atoms with Crippen LogP contribution in [0.3, 0.4) is 0 Å². The highest BCUT2D eigenvalue weighted by atomic mass is 16.7. The van der Waals surface area contributed by atoms with Crippen molar-refractivity contribution in [2.45, 2.75) is 18.9 Å². The highest BCUT2D eigenvalue weighted by Crippen LogP contribution is 2.12. The Morgan fingerprint density at radius 2 is 2.50 bits per heavy atom. The van der Waals surface area contributed by atoms with E-state index in [-0.39, 0.29) is 5.97 Å². The lowest BCUT2D eigenvalue weighted by Crippen LogP contribution is -2.22. The first kappa shape index (κ1) is 11.1. The van der Waals surface area contributed by atoms with Crippen LogP contribution in [0.4, 0.5) is 0 Å². The zero-order valence-corrected chi connectivity index (χ0v) is 9.23. The van der Waals surface area contributed by atoms with Gasteiger partial charge in [0.05, 0.1) is 19.3 Å².